The fraction of sp³-hybridized carbons (Fsp3) is 0.381. The Morgan fingerprint density at radius 2 is 2.10 bits per heavy atom. The number of imidazole rings is 1. The molecule has 5 N–H and O–H groups in total. The number of aromatic nitrogens is 2. The lowest BCUT2D eigenvalue weighted by molar-refractivity contribution is 0.167. The molecule has 1 aliphatic rings. The predicted molar refractivity (Wildman–Crippen MR) is 122 cm³/mol. The first kappa shape index (κ1) is 22.1. The maximum Gasteiger partial charge on any atom is 0.326 e. The Labute approximate surface area is 186 Å². The molecule has 0 radical (unpaired) electrons. The smallest absolute Gasteiger partial charge is 0.326 e. The van der Waals surface area contributed by atoms with E-state index in [0.29, 0.717) is 16.8 Å². The highest BCUT2D eigenvalue weighted by Crippen LogP contribution is 2.32. The van der Waals surface area contributed by atoms with Crippen molar-refractivity contribution in [1.29, 1.82) is 0 Å². The molecule has 0 saturated heterocycles. The number of nitrogens with one attached hydrogen (secondary N) is 1. The van der Waals surface area contributed by atoms with Crippen molar-refractivity contribution in [2.75, 3.05) is 0 Å². The molecule has 29 heavy (non-hydrogen) atoms. The van der Waals surface area contributed by atoms with E-state index in [1.807, 2.05) is 37.3 Å². The molecule has 2 aromatic carbocycles. The first-order chi connectivity index (χ1) is 13.8. The van der Waals surface area contributed by atoms with Crippen LogP contribution in [0, 0.1) is 0 Å². The minimum atomic E-state index is -0.447. The number of nitrogens with zero attached hydrogens (tertiary/aromatic N) is 1. The average molecular weight is 527 g/mol. The largest absolute Gasteiger partial charge is 0.506 e. The van der Waals surface area contributed by atoms with Gasteiger partial charge in [-0.05, 0) is 72.3 Å². The summed E-state index contributed by atoms with van der Waals surface area (Å²) >= 11 is 6.67. The zero-order valence-corrected chi connectivity index (χ0v) is 19.3. The minimum Gasteiger partial charge on any atom is -0.506 e. The molecule has 0 bridgehead atoms. The van der Waals surface area contributed by atoms with Gasteiger partial charge in [0.2, 0.25) is 0 Å². The molecule has 0 spiro atoms. The number of H-pyrrole nitrogens is 1. The molecule has 2 unspecified atom stereocenters. The van der Waals surface area contributed by atoms with Gasteiger partial charge in [0, 0.05) is 22.6 Å². The van der Waals surface area contributed by atoms with E-state index in [9.17, 15) is 15.0 Å². The third-order valence-corrected chi connectivity index (χ3v) is 6.08. The number of para-hydroxylation sites is 1. The molecular formula is C21H25Br2N3O3. The van der Waals surface area contributed by atoms with Crippen molar-refractivity contribution in [2.45, 2.75) is 51.3 Å². The lowest BCUT2D eigenvalue weighted by Gasteiger charge is -2.09. The number of nitrogens with two attached hydrogens (primary N) is 1. The SMILES string of the molecule is CC(N)CCc1cc(Br)cc(Br)c1O.O=c1[nH]c2cccc3c2n1CCCC3O. The van der Waals surface area contributed by atoms with Crippen molar-refractivity contribution in [3.05, 3.63) is 60.9 Å². The van der Waals surface area contributed by atoms with E-state index in [0.717, 1.165) is 52.3 Å². The number of aliphatic hydroxyl groups excluding tert-OH is 1. The Hall–Kier alpha value is -1.61. The Morgan fingerprint density at radius 3 is 2.83 bits per heavy atom. The van der Waals surface area contributed by atoms with Gasteiger partial charge in [-0.2, -0.15) is 0 Å². The summed E-state index contributed by atoms with van der Waals surface area (Å²) in [7, 11) is 0. The molecule has 6 nitrogen and oxygen atoms in total. The van der Waals surface area contributed by atoms with Gasteiger partial charge in [0.15, 0.2) is 0 Å². The molecule has 0 fully saturated rings. The van der Waals surface area contributed by atoms with Gasteiger partial charge in [-0.25, -0.2) is 4.79 Å². The summed E-state index contributed by atoms with van der Waals surface area (Å²) in [6.45, 7) is 2.65. The molecule has 2 atom stereocenters. The van der Waals surface area contributed by atoms with Crippen LogP contribution in [0.25, 0.3) is 11.0 Å². The summed E-state index contributed by atoms with van der Waals surface area (Å²) in [5.74, 6) is 0.314. The fourth-order valence-electron chi connectivity index (χ4n) is 3.52. The summed E-state index contributed by atoms with van der Waals surface area (Å²) in [5.41, 5.74) is 9.05. The number of halogens is 2. The fourth-order valence-corrected chi connectivity index (χ4v) is 4.83. The van der Waals surface area contributed by atoms with Crippen molar-refractivity contribution in [3.8, 4) is 5.75 Å². The first-order valence-corrected chi connectivity index (χ1v) is 11.2. The maximum atomic E-state index is 11.6. The van der Waals surface area contributed by atoms with Crippen LogP contribution < -0.4 is 11.4 Å². The third kappa shape index (κ3) is 5.12. The Kier molecular flexibility index (Phi) is 7.21. The van der Waals surface area contributed by atoms with E-state index in [-0.39, 0.29) is 11.7 Å². The van der Waals surface area contributed by atoms with E-state index < -0.39 is 6.10 Å². The summed E-state index contributed by atoms with van der Waals surface area (Å²) in [4.78, 5) is 14.4. The van der Waals surface area contributed by atoms with Gasteiger partial charge in [0.05, 0.1) is 21.6 Å². The molecule has 0 saturated carbocycles. The highest BCUT2D eigenvalue weighted by molar-refractivity contribution is 9.11. The zero-order chi connectivity index (χ0) is 21.1. The van der Waals surface area contributed by atoms with Crippen LogP contribution in [0.4, 0.5) is 0 Å². The molecule has 3 aromatic rings. The summed E-state index contributed by atoms with van der Waals surface area (Å²) in [6.07, 6.45) is 2.78. The van der Waals surface area contributed by atoms with Crippen LogP contribution in [0.5, 0.6) is 5.75 Å². The van der Waals surface area contributed by atoms with Gasteiger partial charge in [0.1, 0.15) is 5.75 Å². The standard InChI is InChI=1S/C11H12N2O2.C10H13Br2NO/c14-9-5-2-6-13-10-7(9)3-1-4-8(10)12-11(13)15;1-6(13)2-3-7-4-8(11)5-9(12)10(7)14/h1,3-4,9,14H,2,5-6H2,(H,12,15);4-6,14H,2-3,13H2,1H3. The van der Waals surface area contributed by atoms with Crippen LogP contribution in [0.3, 0.4) is 0 Å². The van der Waals surface area contributed by atoms with Crippen LogP contribution in [0.1, 0.15) is 43.4 Å². The zero-order valence-electron chi connectivity index (χ0n) is 16.2. The van der Waals surface area contributed by atoms with E-state index in [4.69, 9.17) is 5.73 Å². The van der Waals surface area contributed by atoms with Crippen molar-refractivity contribution in [3.63, 3.8) is 0 Å². The van der Waals surface area contributed by atoms with Gasteiger partial charge in [-0.15, -0.1) is 0 Å². The summed E-state index contributed by atoms with van der Waals surface area (Å²) < 4.78 is 3.40. The molecule has 4 rings (SSSR count). The molecule has 1 aromatic heterocycles. The Morgan fingerprint density at radius 1 is 1.34 bits per heavy atom. The number of hydrogen-bond acceptors (Lipinski definition) is 4. The first-order valence-electron chi connectivity index (χ1n) is 9.60. The minimum absolute atomic E-state index is 0.0773. The van der Waals surface area contributed by atoms with E-state index in [1.165, 1.54) is 0 Å². The second-order valence-corrected chi connectivity index (χ2v) is 9.16. The highest BCUT2D eigenvalue weighted by atomic mass is 79.9. The molecular weight excluding hydrogens is 502 g/mol. The number of aromatic amines is 1. The number of phenols is 1. The van der Waals surface area contributed by atoms with Crippen molar-refractivity contribution < 1.29 is 10.2 Å². The maximum absolute atomic E-state index is 11.6. The number of aryl methyl sites for hydroxylation is 2. The molecule has 2 heterocycles. The van der Waals surface area contributed by atoms with Crippen LogP contribution in [-0.4, -0.2) is 25.8 Å². The molecule has 1 aliphatic heterocycles. The van der Waals surface area contributed by atoms with E-state index in [2.05, 4.69) is 36.8 Å². The number of rotatable bonds is 3. The van der Waals surface area contributed by atoms with Crippen LogP contribution in [0.2, 0.25) is 0 Å². The lowest BCUT2D eigenvalue weighted by atomic mass is 10.1. The number of aliphatic hydroxyl groups is 1. The summed E-state index contributed by atoms with van der Waals surface area (Å²) in [5, 5.41) is 19.7. The van der Waals surface area contributed by atoms with Gasteiger partial charge < -0.3 is 20.9 Å². The number of phenolic OH excluding ortho intramolecular Hbond substituents is 1. The number of benzene rings is 2. The highest BCUT2D eigenvalue weighted by Gasteiger charge is 2.19. The predicted octanol–water partition coefficient (Wildman–Crippen LogP) is 4.35. The average Bonchev–Trinajstić information content (AvgIpc) is 2.88. The van der Waals surface area contributed by atoms with Crippen LogP contribution in [-0.2, 0) is 13.0 Å². The van der Waals surface area contributed by atoms with Gasteiger partial charge >= 0.3 is 5.69 Å². The quantitative estimate of drug-likeness (QED) is 0.407. The van der Waals surface area contributed by atoms with Crippen molar-refractivity contribution in [1.82, 2.24) is 9.55 Å². The van der Waals surface area contributed by atoms with Gasteiger partial charge in [-0.1, -0.05) is 28.1 Å². The Balaban J connectivity index is 0.000000166. The third-order valence-electron chi connectivity index (χ3n) is 5.02. The molecule has 156 valence electrons. The number of aromatic hydroxyl groups is 1. The van der Waals surface area contributed by atoms with E-state index >= 15 is 0 Å². The van der Waals surface area contributed by atoms with E-state index in [1.54, 1.807) is 4.57 Å². The van der Waals surface area contributed by atoms with Crippen LogP contribution in [0.15, 0.2) is 44.1 Å². The Bertz CT molecular complexity index is 1060. The molecule has 8 heteroatoms. The molecule has 0 aliphatic carbocycles. The topological polar surface area (TPSA) is 104 Å². The monoisotopic (exact) mass is 525 g/mol. The normalized spacial score (nSPS) is 16.8. The van der Waals surface area contributed by atoms with Crippen molar-refractivity contribution >= 4 is 42.9 Å². The lowest BCUT2D eigenvalue weighted by Crippen LogP contribution is -2.16. The van der Waals surface area contributed by atoms with Gasteiger partial charge in [-0.3, -0.25) is 4.57 Å². The second kappa shape index (κ2) is 9.47. The summed E-state index contributed by atoms with van der Waals surface area (Å²) in [6, 6.07) is 9.53. The van der Waals surface area contributed by atoms with Crippen LogP contribution >= 0.6 is 31.9 Å². The van der Waals surface area contributed by atoms with Crippen molar-refractivity contribution in [2.24, 2.45) is 5.73 Å². The van der Waals surface area contributed by atoms with Gasteiger partial charge in [0.25, 0.3) is 0 Å². The number of hydrogen-bond donors (Lipinski definition) is 4. The molecule has 0 amide bonds. The second-order valence-electron chi connectivity index (χ2n) is 7.39.